The summed E-state index contributed by atoms with van der Waals surface area (Å²) in [6, 6.07) is 8.14. The normalized spacial score (nSPS) is 11.6. The molecule has 0 unspecified atom stereocenters. The van der Waals surface area contributed by atoms with Crippen LogP contribution in [0.3, 0.4) is 0 Å². The minimum atomic E-state index is -4.63. The topological polar surface area (TPSA) is 63.2 Å². The van der Waals surface area contributed by atoms with Crippen molar-refractivity contribution in [1.82, 2.24) is 5.32 Å². The van der Waals surface area contributed by atoms with Crippen LogP contribution in [0, 0.1) is 0 Å². The van der Waals surface area contributed by atoms with Gasteiger partial charge in [-0.1, -0.05) is 6.07 Å². The van der Waals surface area contributed by atoms with E-state index in [1.54, 1.807) is 0 Å². The number of amides is 1. The van der Waals surface area contributed by atoms with E-state index in [4.69, 9.17) is 0 Å². The molecular formula is C13H11F2NO3S2. The molecule has 0 fully saturated rings. The van der Waals surface area contributed by atoms with Gasteiger partial charge in [0.15, 0.2) is 0 Å². The average molecular weight is 331 g/mol. The summed E-state index contributed by atoms with van der Waals surface area (Å²) in [5.74, 6) is -3.87. The molecule has 0 bridgehead atoms. The molecule has 0 atom stereocenters. The van der Waals surface area contributed by atoms with E-state index in [0.29, 0.717) is 6.54 Å². The zero-order valence-corrected chi connectivity index (χ0v) is 12.3. The summed E-state index contributed by atoms with van der Waals surface area (Å²) in [6.07, 6.45) is 0. The van der Waals surface area contributed by atoms with Gasteiger partial charge in [0.25, 0.3) is 5.91 Å². The quantitative estimate of drug-likeness (QED) is 0.916. The lowest BCUT2D eigenvalue weighted by Crippen LogP contribution is -2.22. The number of benzene rings is 1. The molecule has 4 nitrogen and oxygen atoms in total. The van der Waals surface area contributed by atoms with Crippen LogP contribution < -0.4 is 5.32 Å². The molecule has 2 rings (SSSR count). The van der Waals surface area contributed by atoms with Gasteiger partial charge in [0.2, 0.25) is 9.84 Å². The summed E-state index contributed by atoms with van der Waals surface area (Å²) in [6.45, 7) is 0.355. The van der Waals surface area contributed by atoms with Crippen molar-refractivity contribution in [2.45, 2.75) is 17.2 Å². The zero-order chi connectivity index (χ0) is 15.5. The summed E-state index contributed by atoms with van der Waals surface area (Å²) >= 11 is 1.49. The third-order valence-corrected chi connectivity index (χ3v) is 4.96. The van der Waals surface area contributed by atoms with E-state index in [0.717, 1.165) is 17.0 Å². The van der Waals surface area contributed by atoms with Crippen LogP contribution in [0.15, 0.2) is 46.7 Å². The Morgan fingerprint density at radius 3 is 2.38 bits per heavy atom. The van der Waals surface area contributed by atoms with Crippen molar-refractivity contribution in [3.05, 3.63) is 52.2 Å². The number of rotatable bonds is 5. The molecule has 1 amide bonds. The predicted octanol–water partition coefficient (Wildman–Crippen LogP) is 2.67. The number of hydrogen-bond acceptors (Lipinski definition) is 4. The van der Waals surface area contributed by atoms with E-state index >= 15 is 0 Å². The third-order valence-electron chi connectivity index (χ3n) is 2.68. The molecular weight excluding hydrogens is 320 g/mol. The lowest BCUT2D eigenvalue weighted by atomic mass is 10.2. The van der Waals surface area contributed by atoms with Gasteiger partial charge in [0.05, 0.1) is 11.4 Å². The van der Waals surface area contributed by atoms with E-state index in [-0.39, 0.29) is 5.56 Å². The van der Waals surface area contributed by atoms with Gasteiger partial charge in [0.1, 0.15) is 0 Å². The molecule has 112 valence electrons. The molecule has 21 heavy (non-hydrogen) atoms. The van der Waals surface area contributed by atoms with Crippen LogP contribution in [-0.2, 0) is 16.4 Å². The Morgan fingerprint density at radius 2 is 1.86 bits per heavy atom. The van der Waals surface area contributed by atoms with Crippen molar-refractivity contribution in [1.29, 1.82) is 0 Å². The molecule has 0 radical (unpaired) electrons. The van der Waals surface area contributed by atoms with E-state index in [1.165, 1.54) is 23.5 Å². The fraction of sp³-hybridized carbons (Fsp3) is 0.154. The minimum Gasteiger partial charge on any atom is -0.347 e. The highest BCUT2D eigenvalue weighted by Crippen LogP contribution is 2.18. The molecule has 0 aliphatic rings. The number of sulfone groups is 1. The molecule has 0 aliphatic heterocycles. The maximum absolute atomic E-state index is 12.4. The minimum absolute atomic E-state index is 0.208. The Kier molecular flexibility index (Phi) is 4.69. The van der Waals surface area contributed by atoms with Crippen molar-refractivity contribution < 1.29 is 22.0 Å². The van der Waals surface area contributed by atoms with E-state index in [2.05, 4.69) is 5.32 Å². The molecule has 2 aromatic rings. The van der Waals surface area contributed by atoms with Gasteiger partial charge in [-0.2, -0.15) is 8.78 Å². The number of thiophene rings is 1. The van der Waals surface area contributed by atoms with E-state index in [9.17, 15) is 22.0 Å². The van der Waals surface area contributed by atoms with Crippen LogP contribution in [0.4, 0.5) is 8.78 Å². The molecule has 0 spiro atoms. The van der Waals surface area contributed by atoms with Crippen molar-refractivity contribution in [2.75, 3.05) is 0 Å². The molecule has 1 N–H and O–H groups in total. The standard InChI is InChI=1S/C13H11F2NO3S2/c14-13(15)21(18,19)11-5-3-9(4-6-11)12(17)16-8-10-2-1-7-20-10/h1-7,13H,8H2,(H,16,17). The van der Waals surface area contributed by atoms with Gasteiger partial charge in [0, 0.05) is 10.4 Å². The smallest absolute Gasteiger partial charge is 0.341 e. The summed E-state index contributed by atoms with van der Waals surface area (Å²) in [7, 11) is -4.63. The average Bonchev–Trinajstić information content (AvgIpc) is 2.98. The summed E-state index contributed by atoms with van der Waals surface area (Å²) in [5.41, 5.74) is 0.208. The number of carbonyl (C=O) groups is 1. The number of alkyl halides is 2. The number of halogens is 2. The van der Waals surface area contributed by atoms with Crippen LogP contribution in [0.5, 0.6) is 0 Å². The largest absolute Gasteiger partial charge is 0.347 e. The Morgan fingerprint density at radius 1 is 1.19 bits per heavy atom. The highest BCUT2D eigenvalue weighted by Gasteiger charge is 2.26. The van der Waals surface area contributed by atoms with Gasteiger partial charge in [-0.05, 0) is 35.7 Å². The van der Waals surface area contributed by atoms with Gasteiger partial charge < -0.3 is 5.32 Å². The second kappa shape index (κ2) is 6.31. The number of carbonyl (C=O) groups excluding carboxylic acids is 1. The third kappa shape index (κ3) is 3.64. The van der Waals surface area contributed by atoms with Crippen molar-refractivity contribution in [3.8, 4) is 0 Å². The summed E-state index contributed by atoms with van der Waals surface area (Å²) in [4.78, 5) is 12.3. The lowest BCUT2D eigenvalue weighted by molar-refractivity contribution is 0.0951. The number of hydrogen-bond donors (Lipinski definition) is 1. The first-order valence-corrected chi connectivity index (χ1v) is 8.26. The SMILES string of the molecule is O=C(NCc1cccs1)c1ccc(S(=O)(=O)C(F)F)cc1. The summed E-state index contributed by atoms with van der Waals surface area (Å²) < 4.78 is 47.2. The van der Waals surface area contributed by atoms with Crippen LogP contribution in [0.2, 0.25) is 0 Å². The highest BCUT2D eigenvalue weighted by molar-refractivity contribution is 7.91. The molecule has 0 saturated heterocycles. The van der Waals surface area contributed by atoms with Gasteiger partial charge in [-0.3, -0.25) is 4.79 Å². The Labute approximate surface area is 124 Å². The van der Waals surface area contributed by atoms with Crippen LogP contribution >= 0.6 is 11.3 Å². The van der Waals surface area contributed by atoms with Crippen molar-refractivity contribution in [2.24, 2.45) is 0 Å². The monoisotopic (exact) mass is 331 g/mol. The van der Waals surface area contributed by atoms with Crippen molar-refractivity contribution in [3.63, 3.8) is 0 Å². The Bertz CT molecular complexity index is 710. The maximum Gasteiger partial charge on any atom is 0.341 e. The van der Waals surface area contributed by atoms with Crippen LogP contribution in [-0.4, -0.2) is 20.1 Å². The fourth-order valence-electron chi connectivity index (χ4n) is 1.58. The van der Waals surface area contributed by atoms with Gasteiger partial charge in [-0.15, -0.1) is 11.3 Å². The number of nitrogens with one attached hydrogen (secondary N) is 1. The Balaban J connectivity index is 2.07. The van der Waals surface area contributed by atoms with E-state index < -0.39 is 26.4 Å². The van der Waals surface area contributed by atoms with Crippen LogP contribution in [0.25, 0.3) is 0 Å². The first-order valence-electron chi connectivity index (χ1n) is 5.84. The zero-order valence-electron chi connectivity index (χ0n) is 10.6. The first kappa shape index (κ1) is 15.6. The van der Waals surface area contributed by atoms with Gasteiger partial charge in [-0.25, -0.2) is 8.42 Å². The predicted molar refractivity (Wildman–Crippen MR) is 75.1 cm³/mol. The molecule has 8 heteroatoms. The molecule has 0 saturated carbocycles. The maximum atomic E-state index is 12.4. The second-order valence-electron chi connectivity index (χ2n) is 4.09. The first-order chi connectivity index (χ1) is 9.91. The molecule has 1 aromatic carbocycles. The van der Waals surface area contributed by atoms with Crippen LogP contribution in [0.1, 0.15) is 15.2 Å². The van der Waals surface area contributed by atoms with E-state index in [1.807, 2.05) is 17.5 Å². The van der Waals surface area contributed by atoms with Crippen molar-refractivity contribution >= 4 is 27.1 Å². The summed E-state index contributed by atoms with van der Waals surface area (Å²) in [5, 5.41) is 4.54. The molecule has 1 aromatic heterocycles. The molecule has 0 aliphatic carbocycles. The fourth-order valence-corrected chi connectivity index (χ4v) is 2.95. The highest BCUT2D eigenvalue weighted by atomic mass is 32.2. The lowest BCUT2D eigenvalue weighted by Gasteiger charge is -2.06. The Hall–Kier alpha value is -1.80. The van der Waals surface area contributed by atoms with Gasteiger partial charge >= 0.3 is 5.76 Å². The molecule has 1 heterocycles. The second-order valence-corrected chi connectivity index (χ2v) is 7.04.